The van der Waals surface area contributed by atoms with Crippen LogP contribution in [0.5, 0.6) is 0 Å². The van der Waals surface area contributed by atoms with Gasteiger partial charge in [-0.3, -0.25) is 9.69 Å². The van der Waals surface area contributed by atoms with Crippen LogP contribution in [0.25, 0.3) is 0 Å². The second kappa shape index (κ2) is 13.6. The van der Waals surface area contributed by atoms with Crippen LogP contribution in [0.3, 0.4) is 0 Å². The number of sulfonamides is 1. The number of hydrogen-bond donors (Lipinski definition) is 1. The molecule has 2 heterocycles. The van der Waals surface area contributed by atoms with E-state index in [-0.39, 0.29) is 12.1 Å². The van der Waals surface area contributed by atoms with Gasteiger partial charge < -0.3 is 10.0 Å². The van der Waals surface area contributed by atoms with E-state index in [1.54, 1.807) is 28.6 Å². The van der Waals surface area contributed by atoms with Crippen molar-refractivity contribution < 1.29 is 18.3 Å². The van der Waals surface area contributed by atoms with Crippen molar-refractivity contribution in [2.75, 3.05) is 45.9 Å². The molecule has 7 nitrogen and oxygen atoms in total. The maximum Gasteiger partial charge on any atom is 0.243 e. The van der Waals surface area contributed by atoms with E-state index < -0.39 is 10.0 Å². The van der Waals surface area contributed by atoms with Crippen LogP contribution in [0.4, 0.5) is 0 Å². The van der Waals surface area contributed by atoms with Gasteiger partial charge in [-0.2, -0.15) is 4.31 Å². The summed E-state index contributed by atoms with van der Waals surface area (Å²) in [6.07, 6.45) is 10.8. The Labute approximate surface area is 222 Å². The van der Waals surface area contributed by atoms with Crippen LogP contribution in [-0.4, -0.2) is 85.0 Å². The van der Waals surface area contributed by atoms with E-state index >= 15 is 0 Å². The monoisotopic (exact) mass is 541 g/mol. The maximum atomic E-state index is 12.2. The van der Waals surface area contributed by atoms with E-state index in [9.17, 15) is 18.3 Å². The van der Waals surface area contributed by atoms with Crippen molar-refractivity contribution in [2.45, 2.75) is 82.1 Å². The molecule has 1 aromatic rings. The summed E-state index contributed by atoms with van der Waals surface area (Å²) in [7, 11) is -3.30. The molecule has 36 heavy (non-hydrogen) atoms. The van der Waals surface area contributed by atoms with Crippen molar-refractivity contribution in [3.05, 3.63) is 29.3 Å². The number of nitrogens with zero attached hydrogens (tertiary/aromatic N) is 3. The molecule has 0 unspecified atom stereocenters. The van der Waals surface area contributed by atoms with Crippen LogP contribution < -0.4 is 0 Å². The van der Waals surface area contributed by atoms with Crippen LogP contribution in [0.2, 0.25) is 5.02 Å². The van der Waals surface area contributed by atoms with Crippen molar-refractivity contribution in [3.63, 3.8) is 0 Å². The minimum atomic E-state index is -3.30. The van der Waals surface area contributed by atoms with Crippen LogP contribution in [0, 0.1) is 5.92 Å². The van der Waals surface area contributed by atoms with Gasteiger partial charge in [-0.05, 0) is 69.7 Å². The van der Waals surface area contributed by atoms with E-state index in [0.29, 0.717) is 34.8 Å². The molecule has 4 aliphatic rings. The van der Waals surface area contributed by atoms with Gasteiger partial charge in [0.15, 0.2) is 0 Å². The molecule has 9 heteroatoms. The van der Waals surface area contributed by atoms with E-state index in [1.807, 2.05) is 4.90 Å². The smallest absolute Gasteiger partial charge is 0.243 e. The molecule has 2 saturated carbocycles. The van der Waals surface area contributed by atoms with Gasteiger partial charge in [0.2, 0.25) is 15.9 Å². The first kappa shape index (κ1) is 29.4. The highest BCUT2D eigenvalue weighted by atomic mass is 35.5. The molecule has 0 spiro atoms. The van der Waals surface area contributed by atoms with E-state index in [1.165, 1.54) is 32.1 Å². The highest BCUT2D eigenvalue weighted by Crippen LogP contribution is 2.33. The normalized spacial score (nSPS) is 21.1. The molecule has 204 valence electrons. The predicted molar refractivity (Wildman–Crippen MR) is 145 cm³/mol. The summed E-state index contributed by atoms with van der Waals surface area (Å²) >= 11 is 5.74. The lowest BCUT2D eigenvalue weighted by molar-refractivity contribution is -0.134. The summed E-state index contributed by atoms with van der Waals surface area (Å²) in [5, 5.41) is 9.88. The number of aliphatic hydroxyl groups excluding tert-OH is 1. The third-order valence-electron chi connectivity index (χ3n) is 7.16. The highest BCUT2D eigenvalue weighted by Gasteiger charge is 2.32. The zero-order valence-corrected chi connectivity index (χ0v) is 23.6. The Morgan fingerprint density at radius 2 is 1.44 bits per heavy atom. The van der Waals surface area contributed by atoms with Gasteiger partial charge in [-0.25, -0.2) is 8.42 Å². The molecule has 5 rings (SSSR count). The zero-order valence-electron chi connectivity index (χ0n) is 22.0. The molecule has 0 aromatic heterocycles. The molecule has 4 fully saturated rings. The van der Waals surface area contributed by atoms with Crippen molar-refractivity contribution in [1.29, 1.82) is 0 Å². The Kier molecular flexibility index (Phi) is 11.1. The summed E-state index contributed by atoms with van der Waals surface area (Å²) in [5.41, 5.74) is -0.161. The molecule has 1 aromatic carbocycles. The third-order valence-corrected chi connectivity index (χ3v) is 9.32. The number of halogens is 1. The van der Waals surface area contributed by atoms with Crippen molar-refractivity contribution >= 4 is 27.5 Å². The minimum Gasteiger partial charge on any atom is -0.394 e. The molecule has 1 amide bonds. The van der Waals surface area contributed by atoms with Gasteiger partial charge in [0, 0.05) is 56.3 Å². The fourth-order valence-electron chi connectivity index (χ4n) is 4.22. The van der Waals surface area contributed by atoms with Gasteiger partial charge in [0.1, 0.15) is 0 Å². The number of aliphatic hydroxyl groups is 1. The molecule has 1 N–H and O–H groups in total. The van der Waals surface area contributed by atoms with Gasteiger partial charge in [-0.1, -0.05) is 37.3 Å². The van der Waals surface area contributed by atoms with E-state index in [2.05, 4.69) is 18.7 Å². The number of carbonyl (C=O) groups excluding carboxylic acids is 1. The molecule has 2 saturated heterocycles. The standard InChI is InChI=1S/C13H24N2O2.C11H14ClNO2S.C3H6/c1-13(2,10-16)15-7-5-14(6-8-15)12(17)9-11-3-4-11;12-10-4-6-11(7-5-10)16(14,15)13-8-2-1-3-9-13;1-2-3-1/h11,16H,3-10H2,1-2H3;4-7H,1-3,8-9H2;1-3H2. The Bertz CT molecular complexity index is 916. The summed E-state index contributed by atoms with van der Waals surface area (Å²) in [4.78, 5) is 16.5. The van der Waals surface area contributed by atoms with Crippen molar-refractivity contribution in [2.24, 2.45) is 5.92 Å². The average molecular weight is 542 g/mol. The minimum absolute atomic E-state index is 0.161. The first-order chi connectivity index (χ1) is 17.1. The van der Waals surface area contributed by atoms with Gasteiger partial charge in [-0.15, -0.1) is 0 Å². The average Bonchev–Trinajstić information content (AvgIpc) is 3.79. The fourth-order valence-corrected chi connectivity index (χ4v) is 5.86. The van der Waals surface area contributed by atoms with Crippen LogP contribution >= 0.6 is 11.6 Å². The van der Waals surface area contributed by atoms with E-state index in [4.69, 9.17) is 11.6 Å². The van der Waals surface area contributed by atoms with Gasteiger partial charge in [0.05, 0.1) is 11.5 Å². The highest BCUT2D eigenvalue weighted by molar-refractivity contribution is 7.89. The number of amides is 1. The summed E-state index contributed by atoms with van der Waals surface area (Å²) < 4.78 is 25.9. The van der Waals surface area contributed by atoms with Crippen LogP contribution in [0.1, 0.15) is 71.6 Å². The Morgan fingerprint density at radius 3 is 1.92 bits per heavy atom. The number of rotatable bonds is 6. The molecule has 2 aliphatic heterocycles. The molecule has 0 bridgehead atoms. The van der Waals surface area contributed by atoms with Crippen LogP contribution in [0.15, 0.2) is 29.2 Å². The predicted octanol–water partition coefficient (Wildman–Crippen LogP) is 4.39. The summed E-state index contributed by atoms with van der Waals surface area (Å²) in [6, 6.07) is 6.34. The molecular formula is C27H44ClN3O4S. The second-order valence-corrected chi connectivity index (χ2v) is 13.3. The Balaban J connectivity index is 0.000000179. The summed E-state index contributed by atoms with van der Waals surface area (Å²) in [5.74, 6) is 1.00. The topological polar surface area (TPSA) is 81.2 Å². The van der Waals surface area contributed by atoms with Gasteiger partial charge >= 0.3 is 0 Å². The Morgan fingerprint density at radius 1 is 0.917 bits per heavy atom. The number of benzene rings is 1. The lowest BCUT2D eigenvalue weighted by atomic mass is 10.0. The molecule has 2 aliphatic carbocycles. The quantitative estimate of drug-likeness (QED) is 0.578. The molecule has 0 radical (unpaired) electrons. The number of piperidine rings is 1. The van der Waals surface area contributed by atoms with Gasteiger partial charge in [0.25, 0.3) is 0 Å². The van der Waals surface area contributed by atoms with E-state index in [0.717, 1.165) is 51.9 Å². The second-order valence-electron chi connectivity index (χ2n) is 11.0. The first-order valence-corrected chi connectivity index (χ1v) is 15.3. The Hall–Kier alpha value is -1.19. The first-order valence-electron chi connectivity index (χ1n) is 13.5. The molecular weight excluding hydrogens is 498 g/mol. The lowest BCUT2D eigenvalue weighted by Crippen LogP contribution is -2.57. The summed E-state index contributed by atoms with van der Waals surface area (Å²) in [6.45, 7) is 8.92. The number of piperazine rings is 1. The fraction of sp³-hybridized carbons (Fsp3) is 0.741. The van der Waals surface area contributed by atoms with Crippen molar-refractivity contribution in [3.8, 4) is 0 Å². The zero-order chi connectivity index (χ0) is 26.2. The van der Waals surface area contributed by atoms with Crippen LogP contribution in [-0.2, 0) is 14.8 Å². The molecule has 0 atom stereocenters. The maximum absolute atomic E-state index is 12.2. The van der Waals surface area contributed by atoms with Crippen molar-refractivity contribution in [1.82, 2.24) is 14.1 Å². The SMILES string of the molecule is C1CC1.CC(C)(CO)N1CCN(C(=O)CC2CC2)CC1.O=S(=O)(c1ccc(Cl)cc1)N1CCCCC1. The lowest BCUT2D eigenvalue weighted by Gasteiger charge is -2.43. The number of hydrogen-bond acceptors (Lipinski definition) is 5. The number of carbonyl (C=O) groups is 1. The third kappa shape index (κ3) is 9.28. The largest absolute Gasteiger partial charge is 0.394 e.